The number of quaternary nitrogens is 1. The molecule has 124 valence electrons. The Balaban J connectivity index is 2.01. The summed E-state index contributed by atoms with van der Waals surface area (Å²) in [7, 11) is 6.30. The smallest absolute Gasteiger partial charge is 0.166 e. The Morgan fingerprint density at radius 3 is 2.91 bits per heavy atom. The molecule has 4 nitrogen and oxygen atoms in total. The first-order chi connectivity index (χ1) is 10.9. The highest BCUT2D eigenvalue weighted by atomic mass is 16.5. The van der Waals surface area contributed by atoms with Gasteiger partial charge in [-0.15, -0.1) is 0 Å². The summed E-state index contributed by atoms with van der Waals surface area (Å²) in [5, 5.41) is 10.1. The molecule has 1 aromatic carbocycles. The number of aryl methyl sites for hydroxylation is 1. The number of nitrogens with zero attached hydrogens (tertiary/aromatic N) is 1. The van der Waals surface area contributed by atoms with Gasteiger partial charge in [0.1, 0.15) is 12.6 Å². The van der Waals surface area contributed by atoms with Crippen LogP contribution in [0.25, 0.3) is 0 Å². The average Bonchev–Trinajstić information content (AvgIpc) is 2.76. The summed E-state index contributed by atoms with van der Waals surface area (Å²) in [5.41, 5.74) is 3.87. The van der Waals surface area contributed by atoms with Gasteiger partial charge in [-0.3, -0.25) is 0 Å². The quantitative estimate of drug-likeness (QED) is 0.638. The zero-order valence-corrected chi connectivity index (χ0v) is 14.4. The second kappa shape index (κ2) is 4.74. The van der Waals surface area contributed by atoms with E-state index in [1.165, 1.54) is 16.7 Å². The molecule has 2 aliphatic heterocycles. The summed E-state index contributed by atoms with van der Waals surface area (Å²) in [6.45, 7) is 4.27. The van der Waals surface area contributed by atoms with E-state index in [-0.39, 0.29) is 11.5 Å². The van der Waals surface area contributed by atoms with Crippen molar-refractivity contribution in [1.29, 1.82) is 0 Å². The van der Waals surface area contributed by atoms with Gasteiger partial charge in [-0.1, -0.05) is 12.2 Å². The highest BCUT2D eigenvalue weighted by Crippen LogP contribution is 2.56. The van der Waals surface area contributed by atoms with Crippen LogP contribution in [0.3, 0.4) is 0 Å². The fourth-order valence-corrected chi connectivity index (χ4v) is 4.57. The highest BCUT2D eigenvalue weighted by Gasteiger charge is 2.54. The van der Waals surface area contributed by atoms with Crippen molar-refractivity contribution in [3.8, 4) is 11.5 Å². The van der Waals surface area contributed by atoms with E-state index in [2.05, 4.69) is 33.2 Å². The number of benzene rings is 1. The minimum atomic E-state index is -0.416. The van der Waals surface area contributed by atoms with Crippen LogP contribution in [0, 0.1) is 6.92 Å². The van der Waals surface area contributed by atoms with E-state index in [9.17, 15) is 5.11 Å². The first-order valence-electron chi connectivity index (χ1n) is 8.43. The van der Waals surface area contributed by atoms with E-state index in [0.29, 0.717) is 6.42 Å². The third-order valence-electron chi connectivity index (χ3n) is 5.88. The monoisotopic (exact) mass is 316 g/mol. The molecular formula is C19H26NO3+. The Morgan fingerprint density at radius 1 is 1.39 bits per heavy atom. The predicted molar refractivity (Wildman–Crippen MR) is 88.9 cm³/mol. The van der Waals surface area contributed by atoms with E-state index in [4.69, 9.17) is 9.47 Å². The molecule has 0 bridgehead atoms. The van der Waals surface area contributed by atoms with Gasteiger partial charge in [0.25, 0.3) is 0 Å². The Morgan fingerprint density at radius 2 is 2.17 bits per heavy atom. The largest absolute Gasteiger partial charge is 0.493 e. The van der Waals surface area contributed by atoms with E-state index in [1.54, 1.807) is 7.11 Å². The number of hydrogen-bond donors (Lipinski definition) is 1. The maximum atomic E-state index is 10.1. The molecule has 23 heavy (non-hydrogen) atoms. The summed E-state index contributed by atoms with van der Waals surface area (Å²) in [5.74, 6) is 1.73. The molecule has 1 N–H and O–H groups in total. The Hall–Kier alpha value is -1.52. The van der Waals surface area contributed by atoms with Crippen molar-refractivity contribution in [3.63, 3.8) is 0 Å². The van der Waals surface area contributed by atoms with Gasteiger partial charge in [0.15, 0.2) is 11.5 Å². The topological polar surface area (TPSA) is 38.7 Å². The molecule has 0 saturated heterocycles. The van der Waals surface area contributed by atoms with Gasteiger partial charge >= 0.3 is 0 Å². The van der Waals surface area contributed by atoms with Crippen LogP contribution in [-0.4, -0.2) is 49.5 Å². The number of ether oxygens (including phenoxy) is 2. The lowest BCUT2D eigenvalue weighted by Crippen LogP contribution is -2.45. The molecule has 2 heterocycles. The van der Waals surface area contributed by atoms with Crippen LogP contribution in [-0.2, 0) is 12.0 Å². The normalized spacial score (nSPS) is 33.4. The number of rotatable bonds is 1. The molecule has 1 spiro atoms. The average molecular weight is 316 g/mol. The zero-order chi connectivity index (χ0) is 16.4. The molecule has 0 aromatic heterocycles. The van der Waals surface area contributed by atoms with Crippen molar-refractivity contribution >= 4 is 0 Å². The first kappa shape index (κ1) is 15.0. The highest BCUT2D eigenvalue weighted by molar-refractivity contribution is 5.62. The molecule has 0 fully saturated rings. The van der Waals surface area contributed by atoms with Crippen LogP contribution < -0.4 is 9.47 Å². The summed E-state index contributed by atoms with van der Waals surface area (Å²) >= 11 is 0. The maximum Gasteiger partial charge on any atom is 0.166 e. The van der Waals surface area contributed by atoms with Crippen LogP contribution >= 0.6 is 0 Å². The van der Waals surface area contributed by atoms with Crippen molar-refractivity contribution in [2.75, 3.05) is 27.7 Å². The molecule has 0 amide bonds. The fourth-order valence-electron chi connectivity index (χ4n) is 4.57. The molecule has 3 unspecified atom stereocenters. The van der Waals surface area contributed by atoms with Gasteiger partial charge in [0.05, 0.1) is 39.3 Å². The number of hydrogen-bond acceptors (Lipinski definition) is 3. The summed E-state index contributed by atoms with van der Waals surface area (Å²) in [4.78, 5) is 0. The van der Waals surface area contributed by atoms with Gasteiger partial charge in [0, 0.05) is 24.0 Å². The SMILES string of the molecule is COc1cc(C)c2c3c1OC1CC(O)C=CC31CC[N+](C)(C)C2. The molecule has 1 aliphatic carbocycles. The lowest BCUT2D eigenvalue weighted by atomic mass is 9.68. The molecule has 4 heteroatoms. The molecule has 0 radical (unpaired) electrons. The van der Waals surface area contributed by atoms with Crippen molar-refractivity contribution in [3.05, 3.63) is 34.9 Å². The van der Waals surface area contributed by atoms with Gasteiger partial charge in [-0.25, -0.2) is 0 Å². The minimum absolute atomic E-state index is 0.00468. The lowest BCUT2D eigenvalue weighted by molar-refractivity contribution is -0.903. The summed E-state index contributed by atoms with van der Waals surface area (Å²) < 4.78 is 12.9. The van der Waals surface area contributed by atoms with Gasteiger partial charge in [-0.2, -0.15) is 0 Å². The lowest BCUT2D eigenvalue weighted by Gasteiger charge is -2.36. The van der Waals surface area contributed by atoms with Crippen LogP contribution in [0.4, 0.5) is 0 Å². The summed E-state index contributed by atoms with van der Waals surface area (Å²) in [6.07, 6.45) is 5.46. The second-order valence-corrected chi connectivity index (χ2v) is 7.95. The van der Waals surface area contributed by atoms with Crippen molar-refractivity contribution < 1.29 is 19.1 Å². The molecule has 1 aromatic rings. The molecule has 3 aliphatic rings. The van der Waals surface area contributed by atoms with Crippen LogP contribution in [0.15, 0.2) is 18.2 Å². The van der Waals surface area contributed by atoms with Gasteiger partial charge in [-0.05, 0) is 18.6 Å². The fraction of sp³-hybridized carbons (Fsp3) is 0.579. The standard InChI is InChI=1S/C19H26NO3/c1-12-9-15(22-4)18-17-14(12)11-20(2,3)8-7-19(17)6-5-13(21)10-16(19)23-18/h5-6,9,13,16,21H,7-8,10-11H2,1-4H3/q+1. The molecule has 4 rings (SSSR count). The third-order valence-corrected chi connectivity index (χ3v) is 5.88. The Kier molecular flexibility index (Phi) is 3.10. The van der Waals surface area contributed by atoms with E-state index in [0.717, 1.165) is 35.5 Å². The summed E-state index contributed by atoms with van der Waals surface area (Å²) in [6, 6.07) is 2.10. The van der Waals surface area contributed by atoms with E-state index in [1.807, 2.05) is 6.08 Å². The molecular weight excluding hydrogens is 290 g/mol. The first-order valence-corrected chi connectivity index (χ1v) is 8.43. The second-order valence-electron chi connectivity index (χ2n) is 7.95. The van der Waals surface area contributed by atoms with Gasteiger partial charge < -0.3 is 19.1 Å². The van der Waals surface area contributed by atoms with Crippen LogP contribution in [0.5, 0.6) is 11.5 Å². The Labute approximate surface area is 137 Å². The molecule has 3 atom stereocenters. The van der Waals surface area contributed by atoms with Gasteiger partial charge in [0.2, 0.25) is 0 Å². The third kappa shape index (κ3) is 2.05. The van der Waals surface area contributed by atoms with E-state index < -0.39 is 6.10 Å². The van der Waals surface area contributed by atoms with Crippen LogP contribution in [0.2, 0.25) is 0 Å². The zero-order valence-electron chi connectivity index (χ0n) is 14.4. The Bertz CT molecular complexity index is 694. The predicted octanol–water partition coefficient (Wildman–Crippen LogP) is 2.30. The van der Waals surface area contributed by atoms with Crippen molar-refractivity contribution in [2.24, 2.45) is 0 Å². The van der Waals surface area contributed by atoms with Crippen molar-refractivity contribution in [2.45, 2.75) is 43.9 Å². The number of methoxy groups -OCH3 is 1. The van der Waals surface area contributed by atoms with E-state index >= 15 is 0 Å². The molecule has 0 saturated carbocycles. The van der Waals surface area contributed by atoms with Crippen molar-refractivity contribution in [1.82, 2.24) is 0 Å². The maximum absolute atomic E-state index is 10.1. The minimum Gasteiger partial charge on any atom is -0.493 e. The number of aliphatic hydroxyl groups is 1. The van der Waals surface area contributed by atoms with Crippen LogP contribution in [0.1, 0.15) is 29.5 Å². The number of aliphatic hydroxyl groups excluding tert-OH is 1.